The second kappa shape index (κ2) is 4.06. The van der Waals surface area contributed by atoms with Crippen molar-refractivity contribution in [2.45, 2.75) is 19.9 Å². The fourth-order valence-electron chi connectivity index (χ4n) is 1.64. The Balaban J connectivity index is 2.56. The van der Waals surface area contributed by atoms with Gasteiger partial charge in [0.2, 0.25) is 0 Å². The molecule has 0 unspecified atom stereocenters. The summed E-state index contributed by atoms with van der Waals surface area (Å²) in [7, 11) is 0. The van der Waals surface area contributed by atoms with Crippen LogP contribution in [0.4, 0.5) is 4.39 Å². The van der Waals surface area contributed by atoms with Gasteiger partial charge in [0, 0.05) is 12.2 Å². The smallest absolute Gasteiger partial charge is 0.123 e. The molecule has 2 aromatic rings. The molecule has 2 rings (SSSR count). The summed E-state index contributed by atoms with van der Waals surface area (Å²) in [6, 6.07) is 4.34. The summed E-state index contributed by atoms with van der Waals surface area (Å²) in [4.78, 5) is 0. The first kappa shape index (κ1) is 10.8. The van der Waals surface area contributed by atoms with Crippen molar-refractivity contribution in [3.63, 3.8) is 0 Å². The van der Waals surface area contributed by atoms with Gasteiger partial charge >= 0.3 is 0 Å². The van der Waals surface area contributed by atoms with Crippen molar-refractivity contribution in [3.8, 4) is 5.69 Å². The minimum absolute atomic E-state index is 0.227. The van der Waals surface area contributed by atoms with E-state index in [2.05, 4.69) is 5.10 Å². The number of nitrogens with zero attached hydrogens (tertiary/aromatic N) is 2. The fraction of sp³-hybridized carbons (Fsp3) is 0.250. The van der Waals surface area contributed by atoms with Gasteiger partial charge in [0.25, 0.3) is 0 Å². The number of halogens is 1. The van der Waals surface area contributed by atoms with Gasteiger partial charge < -0.3 is 5.73 Å². The number of hydrogen-bond donors (Lipinski definition) is 1. The van der Waals surface area contributed by atoms with E-state index in [0.717, 1.165) is 16.8 Å². The van der Waals surface area contributed by atoms with Crippen LogP contribution in [-0.4, -0.2) is 9.78 Å². The molecule has 0 aliphatic heterocycles. The third-order valence-corrected chi connectivity index (χ3v) is 2.44. The quantitative estimate of drug-likeness (QED) is 0.842. The summed E-state index contributed by atoms with van der Waals surface area (Å²) < 4.78 is 14.9. The van der Waals surface area contributed by atoms with E-state index in [9.17, 15) is 4.39 Å². The Kier molecular flexibility index (Phi) is 2.75. The summed E-state index contributed by atoms with van der Waals surface area (Å²) in [5, 5.41) is 4.20. The van der Waals surface area contributed by atoms with Gasteiger partial charge in [-0.15, -0.1) is 0 Å². The van der Waals surface area contributed by atoms with E-state index in [1.165, 1.54) is 12.1 Å². The molecule has 1 aromatic heterocycles. The Morgan fingerprint density at radius 2 is 2.19 bits per heavy atom. The molecule has 2 N–H and O–H groups in total. The van der Waals surface area contributed by atoms with Gasteiger partial charge in [-0.2, -0.15) is 5.10 Å². The fourth-order valence-corrected chi connectivity index (χ4v) is 1.64. The van der Waals surface area contributed by atoms with Crippen LogP contribution in [0.5, 0.6) is 0 Å². The highest BCUT2D eigenvalue weighted by molar-refractivity contribution is 5.42. The molecule has 1 aromatic carbocycles. The number of aromatic nitrogens is 2. The van der Waals surface area contributed by atoms with Crippen LogP contribution < -0.4 is 5.73 Å². The molecule has 0 aliphatic carbocycles. The van der Waals surface area contributed by atoms with Crippen molar-refractivity contribution in [1.82, 2.24) is 9.78 Å². The summed E-state index contributed by atoms with van der Waals surface area (Å²) >= 11 is 0. The number of benzene rings is 1. The maximum Gasteiger partial charge on any atom is 0.123 e. The summed E-state index contributed by atoms with van der Waals surface area (Å²) in [5.74, 6) is -0.278. The van der Waals surface area contributed by atoms with E-state index in [1.54, 1.807) is 16.9 Å². The second-order valence-electron chi connectivity index (χ2n) is 3.95. The number of nitrogens with two attached hydrogens (primary N) is 1. The molecular weight excluding hydrogens is 205 g/mol. The second-order valence-corrected chi connectivity index (χ2v) is 3.95. The lowest BCUT2D eigenvalue weighted by atomic mass is 10.1. The van der Waals surface area contributed by atoms with Gasteiger partial charge in [0.15, 0.2) is 0 Å². The zero-order chi connectivity index (χ0) is 11.7. The predicted molar refractivity (Wildman–Crippen MR) is 60.9 cm³/mol. The van der Waals surface area contributed by atoms with Gasteiger partial charge in [-0.1, -0.05) is 0 Å². The Bertz CT molecular complexity index is 503. The van der Waals surface area contributed by atoms with E-state index in [-0.39, 0.29) is 11.9 Å². The summed E-state index contributed by atoms with van der Waals surface area (Å²) in [5.41, 5.74) is 8.45. The SMILES string of the molecule is Cc1cnn(-c2ccc(F)cc2[C@H](C)N)c1. The Hall–Kier alpha value is -1.68. The average molecular weight is 219 g/mol. The lowest BCUT2D eigenvalue weighted by molar-refractivity contribution is 0.620. The lowest BCUT2D eigenvalue weighted by Gasteiger charge is -2.12. The van der Waals surface area contributed by atoms with Gasteiger partial charge in [0.1, 0.15) is 5.82 Å². The van der Waals surface area contributed by atoms with Gasteiger partial charge in [-0.3, -0.25) is 0 Å². The van der Waals surface area contributed by atoms with Crippen LogP contribution >= 0.6 is 0 Å². The number of aryl methyl sites for hydroxylation is 1. The molecule has 16 heavy (non-hydrogen) atoms. The number of rotatable bonds is 2. The van der Waals surface area contributed by atoms with Crippen molar-refractivity contribution in [3.05, 3.63) is 47.5 Å². The maximum absolute atomic E-state index is 13.1. The predicted octanol–water partition coefficient (Wildman–Crippen LogP) is 2.34. The van der Waals surface area contributed by atoms with Crippen LogP contribution in [0.3, 0.4) is 0 Å². The zero-order valence-corrected chi connectivity index (χ0v) is 9.31. The minimum Gasteiger partial charge on any atom is -0.324 e. The van der Waals surface area contributed by atoms with E-state index in [0.29, 0.717) is 0 Å². The third-order valence-electron chi connectivity index (χ3n) is 2.44. The molecule has 0 radical (unpaired) electrons. The molecule has 1 heterocycles. The molecule has 4 heteroatoms. The molecule has 0 saturated carbocycles. The molecular formula is C12H14FN3. The van der Waals surface area contributed by atoms with Gasteiger partial charge in [0.05, 0.1) is 11.9 Å². The first-order valence-corrected chi connectivity index (χ1v) is 5.14. The first-order chi connectivity index (χ1) is 7.58. The van der Waals surface area contributed by atoms with Crippen molar-refractivity contribution < 1.29 is 4.39 Å². The minimum atomic E-state index is -0.278. The lowest BCUT2D eigenvalue weighted by Crippen LogP contribution is -2.10. The van der Waals surface area contributed by atoms with Crippen molar-refractivity contribution in [1.29, 1.82) is 0 Å². The van der Waals surface area contributed by atoms with E-state index < -0.39 is 0 Å². The molecule has 1 atom stereocenters. The van der Waals surface area contributed by atoms with Gasteiger partial charge in [-0.05, 0) is 43.2 Å². The monoisotopic (exact) mass is 219 g/mol. The van der Waals surface area contributed by atoms with Crippen molar-refractivity contribution >= 4 is 0 Å². The van der Waals surface area contributed by atoms with Crippen LogP contribution in [0.2, 0.25) is 0 Å². The van der Waals surface area contributed by atoms with E-state index in [1.807, 2.05) is 20.0 Å². The van der Waals surface area contributed by atoms with Crippen LogP contribution in [0, 0.1) is 12.7 Å². The van der Waals surface area contributed by atoms with E-state index in [4.69, 9.17) is 5.73 Å². The molecule has 0 aliphatic rings. The zero-order valence-electron chi connectivity index (χ0n) is 9.31. The highest BCUT2D eigenvalue weighted by Crippen LogP contribution is 2.21. The molecule has 0 fully saturated rings. The number of hydrogen-bond acceptors (Lipinski definition) is 2. The maximum atomic E-state index is 13.1. The highest BCUT2D eigenvalue weighted by atomic mass is 19.1. The molecule has 3 nitrogen and oxygen atoms in total. The highest BCUT2D eigenvalue weighted by Gasteiger charge is 2.10. The normalized spacial score (nSPS) is 12.8. The van der Waals surface area contributed by atoms with Crippen molar-refractivity contribution in [2.24, 2.45) is 5.73 Å². The van der Waals surface area contributed by atoms with Crippen molar-refractivity contribution in [2.75, 3.05) is 0 Å². The molecule has 0 saturated heterocycles. The Labute approximate surface area is 93.7 Å². The largest absolute Gasteiger partial charge is 0.324 e. The Morgan fingerprint density at radius 3 is 2.75 bits per heavy atom. The van der Waals surface area contributed by atoms with Crippen LogP contribution in [0.25, 0.3) is 5.69 Å². The standard InChI is InChI=1S/C12H14FN3/c1-8-6-15-16(7-8)12-4-3-10(13)5-11(12)9(2)14/h3-7,9H,14H2,1-2H3/t9-/m0/s1. The summed E-state index contributed by atoms with van der Waals surface area (Å²) in [6.45, 7) is 3.78. The summed E-state index contributed by atoms with van der Waals surface area (Å²) in [6.07, 6.45) is 3.65. The van der Waals surface area contributed by atoms with Crippen LogP contribution in [0.1, 0.15) is 24.1 Å². The molecule has 0 amide bonds. The third kappa shape index (κ3) is 1.97. The van der Waals surface area contributed by atoms with E-state index >= 15 is 0 Å². The average Bonchev–Trinajstić information content (AvgIpc) is 2.64. The molecule has 84 valence electrons. The van der Waals surface area contributed by atoms with Crippen LogP contribution in [0.15, 0.2) is 30.6 Å². The van der Waals surface area contributed by atoms with Gasteiger partial charge in [-0.25, -0.2) is 9.07 Å². The van der Waals surface area contributed by atoms with Crippen LogP contribution in [-0.2, 0) is 0 Å². The molecule has 0 bridgehead atoms. The Morgan fingerprint density at radius 1 is 1.44 bits per heavy atom. The topological polar surface area (TPSA) is 43.8 Å². The first-order valence-electron chi connectivity index (χ1n) is 5.14. The molecule has 0 spiro atoms.